The Morgan fingerprint density at radius 2 is 2.05 bits per heavy atom. The van der Waals surface area contributed by atoms with Crippen molar-refractivity contribution in [2.24, 2.45) is 5.92 Å². The SMILES string of the molecule is N#C[C@H](Sc1nnnn1CC(F)(F)F)C1CCCCC1. The maximum Gasteiger partial charge on any atom is 0.408 e. The lowest BCUT2D eigenvalue weighted by Gasteiger charge is -2.24. The maximum atomic E-state index is 12.4. The summed E-state index contributed by atoms with van der Waals surface area (Å²) in [5.41, 5.74) is 0. The zero-order valence-corrected chi connectivity index (χ0v) is 11.5. The van der Waals surface area contributed by atoms with Gasteiger partial charge in [-0.15, -0.1) is 5.10 Å². The van der Waals surface area contributed by atoms with Crippen LogP contribution in [0.2, 0.25) is 0 Å². The fourth-order valence-electron chi connectivity index (χ4n) is 2.33. The van der Waals surface area contributed by atoms with Gasteiger partial charge in [0.2, 0.25) is 5.16 Å². The van der Waals surface area contributed by atoms with Crippen LogP contribution in [-0.2, 0) is 6.54 Å². The topological polar surface area (TPSA) is 67.4 Å². The summed E-state index contributed by atoms with van der Waals surface area (Å²) in [6.07, 6.45) is 0.786. The van der Waals surface area contributed by atoms with Crippen LogP contribution in [-0.4, -0.2) is 31.6 Å². The van der Waals surface area contributed by atoms with Crippen LogP contribution in [0.15, 0.2) is 5.16 Å². The molecule has 1 fully saturated rings. The number of aromatic nitrogens is 4. The highest BCUT2D eigenvalue weighted by molar-refractivity contribution is 8.00. The van der Waals surface area contributed by atoms with Crippen LogP contribution in [0.4, 0.5) is 13.2 Å². The minimum atomic E-state index is -4.38. The van der Waals surface area contributed by atoms with E-state index in [9.17, 15) is 18.4 Å². The molecule has 1 saturated carbocycles. The van der Waals surface area contributed by atoms with Gasteiger partial charge < -0.3 is 0 Å². The van der Waals surface area contributed by atoms with Crippen molar-refractivity contribution < 1.29 is 13.2 Å². The molecule has 2 rings (SSSR count). The highest BCUT2D eigenvalue weighted by atomic mass is 32.2. The molecule has 0 saturated heterocycles. The Labute approximate surface area is 118 Å². The number of halogens is 3. The van der Waals surface area contributed by atoms with Crippen molar-refractivity contribution in [3.05, 3.63) is 0 Å². The lowest BCUT2D eigenvalue weighted by atomic mass is 9.87. The summed E-state index contributed by atoms with van der Waals surface area (Å²) in [5.74, 6) is 0.204. The Hall–Kier alpha value is -1.30. The van der Waals surface area contributed by atoms with Gasteiger partial charge in [0, 0.05) is 0 Å². The highest BCUT2D eigenvalue weighted by Gasteiger charge is 2.32. The molecular weight excluding hydrogens is 291 g/mol. The van der Waals surface area contributed by atoms with Crippen LogP contribution in [0, 0.1) is 17.2 Å². The molecule has 20 heavy (non-hydrogen) atoms. The molecule has 0 spiro atoms. The molecule has 1 aliphatic carbocycles. The van der Waals surface area contributed by atoms with Crippen molar-refractivity contribution in [3.63, 3.8) is 0 Å². The Morgan fingerprint density at radius 1 is 1.35 bits per heavy atom. The molecule has 0 radical (unpaired) electrons. The molecular formula is C11H14F3N5S. The lowest BCUT2D eigenvalue weighted by Crippen LogP contribution is -2.22. The van der Waals surface area contributed by atoms with Crippen molar-refractivity contribution in [3.8, 4) is 6.07 Å². The normalized spacial score (nSPS) is 18.7. The molecule has 0 amide bonds. The summed E-state index contributed by atoms with van der Waals surface area (Å²) in [6.45, 7) is -1.23. The second kappa shape index (κ2) is 6.43. The average molecular weight is 305 g/mol. The first-order valence-electron chi connectivity index (χ1n) is 6.39. The number of hydrogen-bond acceptors (Lipinski definition) is 5. The van der Waals surface area contributed by atoms with Crippen LogP contribution in [0.3, 0.4) is 0 Å². The Bertz CT molecular complexity index is 475. The third kappa shape index (κ3) is 4.10. The van der Waals surface area contributed by atoms with Gasteiger partial charge in [0.25, 0.3) is 0 Å². The van der Waals surface area contributed by atoms with Gasteiger partial charge in [-0.05, 0) is 29.2 Å². The van der Waals surface area contributed by atoms with Crippen molar-refractivity contribution in [1.29, 1.82) is 5.26 Å². The first-order chi connectivity index (χ1) is 9.49. The Kier molecular flexibility index (Phi) is 4.86. The molecule has 0 aliphatic heterocycles. The fraction of sp³-hybridized carbons (Fsp3) is 0.818. The molecule has 0 bridgehead atoms. The average Bonchev–Trinajstić information content (AvgIpc) is 2.82. The third-order valence-electron chi connectivity index (χ3n) is 3.27. The van der Waals surface area contributed by atoms with Gasteiger partial charge in [-0.3, -0.25) is 0 Å². The molecule has 1 aromatic rings. The maximum absolute atomic E-state index is 12.4. The summed E-state index contributed by atoms with van der Waals surface area (Å²) in [7, 11) is 0. The van der Waals surface area contributed by atoms with Crippen LogP contribution >= 0.6 is 11.8 Å². The monoisotopic (exact) mass is 305 g/mol. The van der Waals surface area contributed by atoms with Gasteiger partial charge in [-0.1, -0.05) is 31.0 Å². The third-order valence-corrected chi connectivity index (χ3v) is 4.51. The Morgan fingerprint density at radius 3 is 2.65 bits per heavy atom. The van der Waals surface area contributed by atoms with E-state index in [2.05, 4.69) is 21.6 Å². The second-order valence-electron chi connectivity index (χ2n) is 4.80. The van der Waals surface area contributed by atoms with Crippen molar-refractivity contribution in [1.82, 2.24) is 20.2 Å². The summed E-state index contributed by atoms with van der Waals surface area (Å²) in [5, 5.41) is 19.1. The standard InChI is InChI=1S/C11H14F3N5S/c12-11(13,14)7-19-10(16-17-18-19)20-9(6-15)8-4-2-1-3-5-8/h8-9H,1-5,7H2/t9-/m0/s1. The number of nitrogens with zero attached hydrogens (tertiary/aromatic N) is 5. The Balaban J connectivity index is 2.04. The van der Waals surface area contributed by atoms with Gasteiger partial charge in [-0.2, -0.15) is 18.4 Å². The van der Waals surface area contributed by atoms with E-state index in [1.165, 1.54) is 0 Å². The molecule has 0 aromatic carbocycles. The van der Waals surface area contributed by atoms with Gasteiger partial charge in [0.05, 0.1) is 6.07 Å². The predicted octanol–water partition coefficient (Wildman–Crippen LogP) is 2.80. The van der Waals surface area contributed by atoms with E-state index in [4.69, 9.17) is 0 Å². The smallest absolute Gasteiger partial charge is 0.211 e. The number of nitriles is 1. The van der Waals surface area contributed by atoms with E-state index in [0.717, 1.165) is 43.9 Å². The first-order valence-corrected chi connectivity index (χ1v) is 7.27. The molecule has 0 unspecified atom stereocenters. The summed E-state index contributed by atoms with van der Waals surface area (Å²) in [4.78, 5) is 0. The van der Waals surface area contributed by atoms with Crippen LogP contribution in [0.5, 0.6) is 0 Å². The van der Waals surface area contributed by atoms with E-state index in [1.54, 1.807) is 0 Å². The zero-order valence-electron chi connectivity index (χ0n) is 10.7. The second-order valence-corrected chi connectivity index (χ2v) is 5.91. The van der Waals surface area contributed by atoms with Gasteiger partial charge >= 0.3 is 6.18 Å². The number of rotatable bonds is 4. The van der Waals surface area contributed by atoms with E-state index in [1.807, 2.05) is 0 Å². The minimum Gasteiger partial charge on any atom is -0.211 e. The fourth-order valence-corrected chi connectivity index (χ4v) is 3.38. The predicted molar refractivity (Wildman–Crippen MR) is 65.7 cm³/mol. The molecule has 0 N–H and O–H groups in total. The number of thioether (sulfide) groups is 1. The summed E-state index contributed by atoms with van der Waals surface area (Å²) < 4.78 is 37.9. The largest absolute Gasteiger partial charge is 0.408 e. The molecule has 1 heterocycles. The van der Waals surface area contributed by atoms with E-state index >= 15 is 0 Å². The molecule has 5 nitrogen and oxygen atoms in total. The van der Waals surface area contributed by atoms with Gasteiger partial charge in [0.15, 0.2) is 0 Å². The zero-order chi connectivity index (χ0) is 14.6. The minimum absolute atomic E-state index is 0.0550. The van der Waals surface area contributed by atoms with Crippen molar-refractivity contribution >= 4 is 11.8 Å². The molecule has 1 atom stereocenters. The van der Waals surface area contributed by atoms with E-state index in [0.29, 0.717) is 4.68 Å². The highest BCUT2D eigenvalue weighted by Crippen LogP contribution is 2.35. The van der Waals surface area contributed by atoms with E-state index < -0.39 is 18.0 Å². The van der Waals surface area contributed by atoms with Crippen LogP contribution < -0.4 is 0 Å². The first kappa shape index (κ1) is 15.1. The van der Waals surface area contributed by atoms with Gasteiger partial charge in [-0.25, -0.2) is 4.68 Å². The molecule has 9 heteroatoms. The number of hydrogen-bond donors (Lipinski definition) is 0. The molecule has 110 valence electrons. The van der Waals surface area contributed by atoms with Crippen LogP contribution in [0.1, 0.15) is 32.1 Å². The van der Waals surface area contributed by atoms with Gasteiger partial charge in [0.1, 0.15) is 11.8 Å². The summed E-state index contributed by atoms with van der Waals surface area (Å²) in [6, 6.07) is 2.17. The number of tetrazole rings is 1. The quantitative estimate of drug-likeness (QED) is 0.800. The molecule has 1 aliphatic rings. The van der Waals surface area contributed by atoms with Crippen molar-refractivity contribution in [2.75, 3.05) is 0 Å². The van der Waals surface area contributed by atoms with E-state index in [-0.39, 0.29) is 11.1 Å². The summed E-state index contributed by atoms with van der Waals surface area (Å²) >= 11 is 1.03. The number of alkyl halides is 3. The molecule has 1 aromatic heterocycles. The van der Waals surface area contributed by atoms with Crippen molar-refractivity contribution in [2.45, 2.75) is 55.2 Å². The lowest BCUT2D eigenvalue weighted by molar-refractivity contribution is -0.144. The van der Waals surface area contributed by atoms with Crippen LogP contribution in [0.25, 0.3) is 0 Å².